The summed E-state index contributed by atoms with van der Waals surface area (Å²) in [5.41, 5.74) is -3.32. The fraction of sp³-hybridized carbons (Fsp3) is 0.176. The predicted octanol–water partition coefficient (Wildman–Crippen LogP) is 0.676. The van der Waals surface area contributed by atoms with Gasteiger partial charge in [0.25, 0.3) is 0 Å². The Bertz CT molecular complexity index is 1520. The molecule has 0 atom stereocenters. The van der Waals surface area contributed by atoms with Crippen LogP contribution in [-0.2, 0) is 20.0 Å². The van der Waals surface area contributed by atoms with Crippen LogP contribution < -0.4 is 14.3 Å². The number of amides is 1. The van der Waals surface area contributed by atoms with Crippen LogP contribution in [0.4, 0.5) is 29.3 Å². The Morgan fingerprint density at radius 2 is 1.47 bits per heavy atom. The molecule has 3 aromatic rings. The summed E-state index contributed by atoms with van der Waals surface area (Å²) in [6.45, 7) is 0. The van der Waals surface area contributed by atoms with Crippen LogP contribution in [0.25, 0.3) is 5.69 Å². The van der Waals surface area contributed by atoms with E-state index in [4.69, 9.17) is 0 Å². The van der Waals surface area contributed by atoms with Crippen molar-refractivity contribution in [3.05, 3.63) is 64.3 Å². The molecule has 0 aliphatic carbocycles. The third kappa shape index (κ3) is 4.51. The van der Waals surface area contributed by atoms with E-state index >= 15 is 0 Å². The number of anilines is 2. The van der Waals surface area contributed by atoms with E-state index in [9.17, 15) is 39.6 Å². The van der Waals surface area contributed by atoms with Gasteiger partial charge in [0.1, 0.15) is 11.5 Å². The molecule has 0 aliphatic rings. The summed E-state index contributed by atoms with van der Waals surface area (Å²) >= 11 is 0. The lowest BCUT2D eigenvalue weighted by Gasteiger charge is -2.22. The van der Waals surface area contributed by atoms with Crippen molar-refractivity contribution in [2.75, 3.05) is 28.2 Å². The van der Waals surface area contributed by atoms with Crippen LogP contribution in [0.5, 0.6) is 0 Å². The topological polar surface area (TPSA) is 145 Å². The second-order valence-corrected chi connectivity index (χ2v) is 10.7. The third-order valence-corrected chi connectivity index (χ3v) is 7.56. The molecule has 0 unspecified atom stereocenters. The van der Waals surface area contributed by atoms with Crippen molar-refractivity contribution in [2.45, 2.75) is 0 Å². The van der Waals surface area contributed by atoms with E-state index in [0.29, 0.717) is 23.5 Å². The Hall–Kier alpha value is -3.73. The quantitative estimate of drug-likeness (QED) is 0.447. The minimum absolute atomic E-state index is 0.00623. The molecule has 3 rings (SSSR count). The first kappa shape index (κ1) is 24.9. The first-order chi connectivity index (χ1) is 15.6. The Morgan fingerprint density at radius 3 is 1.97 bits per heavy atom. The largest absolute Gasteiger partial charge is 0.377 e. The summed E-state index contributed by atoms with van der Waals surface area (Å²) < 4.78 is 90.4. The molecule has 0 aliphatic heterocycles. The molecular weight excluding hydrogens is 505 g/mol. The molecule has 1 aromatic heterocycles. The number of para-hydroxylation sites is 1. The van der Waals surface area contributed by atoms with Crippen molar-refractivity contribution in [1.82, 2.24) is 19.8 Å². The zero-order valence-corrected chi connectivity index (χ0v) is 19.2. The molecule has 0 saturated heterocycles. The number of tetrazole rings is 1. The summed E-state index contributed by atoms with van der Waals surface area (Å²) in [4.78, 5) is 25.7. The van der Waals surface area contributed by atoms with Gasteiger partial charge < -0.3 is 0 Å². The van der Waals surface area contributed by atoms with Gasteiger partial charge in [0.05, 0.1) is 23.9 Å². The minimum Gasteiger partial charge on any atom is -0.292 e. The van der Waals surface area contributed by atoms with Gasteiger partial charge in [0.2, 0.25) is 20.0 Å². The van der Waals surface area contributed by atoms with E-state index in [2.05, 4.69) is 10.4 Å². The van der Waals surface area contributed by atoms with Crippen LogP contribution in [0.2, 0.25) is 0 Å². The van der Waals surface area contributed by atoms with E-state index < -0.39 is 66.3 Å². The van der Waals surface area contributed by atoms with Crippen molar-refractivity contribution in [2.24, 2.45) is 0 Å². The summed E-state index contributed by atoms with van der Waals surface area (Å²) in [7, 11) is -7.69. The molecule has 0 bridgehead atoms. The Morgan fingerprint density at radius 1 is 0.912 bits per heavy atom. The number of carbonyl (C=O) groups excluding carboxylic acids is 1. The monoisotopic (exact) mass is 520 g/mol. The standard InChI is InChI=1S/C17H15F3N6O6S2/c1-23(14-8-7-10(9-13(14)20)26(33(2,29)30)34(3,31)32)16(27)25-17(28)24(21-22-25)15-11(18)5-4-6-12(15)19/h4-9H,1-3H3. The van der Waals surface area contributed by atoms with Gasteiger partial charge in [-0.2, -0.15) is 8.39 Å². The van der Waals surface area contributed by atoms with Crippen molar-refractivity contribution in [3.8, 4) is 5.69 Å². The van der Waals surface area contributed by atoms with Crippen LogP contribution in [0.15, 0.2) is 41.2 Å². The minimum atomic E-state index is -4.35. The lowest BCUT2D eigenvalue weighted by atomic mass is 10.2. The molecule has 0 N–H and O–H groups in total. The van der Waals surface area contributed by atoms with Crippen LogP contribution in [-0.4, -0.2) is 62.2 Å². The second-order valence-electron chi connectivity index (χ2n) is 6.86. The highest BCUT2D eigenvalue weighted by Gasteiger charge is 2.29. The van der Waals surface area contributed by atoms with Gasteiger partial charge in [-0.25, -0.2) is 39.6 Å². The molecular formula is C17H15F3N6O6S2. The zero-order chi connectivity index (χ0) is 25.6. The number of rotatable bonds is 5. The van der Waals surface area contributed by atoms with E-state index in [1.54, 1.807) is 0 Å². The highest BCUT2D eigenvalue weighted by atomic mass is 32.3. The number of sulfonamides is 2. The zero-order valence-electron chi connectivity index (χ0n) is 17.5. The summed E-state index contributed by atoms with van der Waals surface area (Å²) in [5.74, 6) is -3.54. The van der Waals surface area contributed by atoms with E-state index in [1.807, 2.05) is 0 Å². The normalized spacial score (nSPS) is 11.9. The number of hydrogen-bond acceptors (Lipinski definition) is 8. The number of benzene rings is 2. The maximum Gasteiger partial charge on any atom is 0.377 e. The fourth-order valence-corrected chi connectivity index (χ4v) is 5.91. The van der Waals surface area contributed by atoms with Gasteiger partial charge >= 0.3 is 11.7 Å². The number of nitrogens with zero attached hydrogens (tertiary/aromatic N) is 6. The first-order valence-electron chi connectivity index (χ1n) is 8.92. The maximum absolute atomic E-state index is 14.8. The van der Waals surface area contributed by atoms with Gasteiger partial charge in [-0.3, -0.25) is 4.90 Å². The second kappa shape index (κ2) is 8.56. The predicted molar refractivity (Wildman–Crippen MR) is 113 cm³/mol. The highest BCUT2D eigenvalue weighted by Crippen LogP contribution is 2.27. The van der Waals surface area contributed by atoms with Crippen molar-refractivity contribution >= 4 is 37.5 Å². The summed E-state index contributed by atoms with van der Waals surface area (Å²) in [6, 6.07) is 3.81. The summed E-state index contributed by atoms with van der Waals surface area (Å²) in [5, 5.41) is 6.54. The fourth-order valence-electron chi connectivity index (χ4n) is 2.95. The molecule has 0 saturated carbocycles. The van der Waals surface area contributed by atoms with Gasteiger partial charge in [-0.15, -0.1) is 4.68 Å². The lowest BCUT2D eigenvalue weighted by Crippen LogP contribution is -2.39. The number of carbonyl (C=O) groups is 1. The Kier molecular flexibility index (Phi) is 6.27. The molecule has 0 radical (unpaired) electrons. The van der Waals surface area contributed by atoms with Crippen LogP contribution in [0.3, 0.4) is 0 Å². The molecule has 0 fully saturated rings. The van der Waals surface area contributed by atoms with Gasteiger partial charge in [-0.05, 0) is 34.7 Å². The van der Waals surface area contributed by atoms with Crippen molar-refractivity contribution in [1.29, 1.82) is 0 Å². The average molecular weight is 520 g/mol. The third-order valence-electron chi connectivity index (χ3n) is 4.30. The van der Waals surface area contributed by atoms with Crippen molar-refractivity contribution in [3.63, 3.8) is 0 Å². The van der Waals surface area contributed by atoms with Crippen LogP contribution in [0, 0.1) is 17.5 Å². The smallest absolute Gasteiger partial charge is 0.292 e. The Labute approximate surface area is 190 Å². The molecule has 34 heavy (non-hydrogen) atoms. The molecule has 182 valence electrons. The molecule has 12 nitrogen and oxygen atoms in total. The Balaban J connectivity index is 2.01. The number of aromatic nitrogens is 4. The van der Waals surface area contributed by atoms with E-state index in [-0.39, 0.29) is 13.1 Å². The van der Waals surface area contributed by atoms with Gasteiger partial charge in [-0.1, -0.05) is 6.07 Å². The van der Waals surface area contributed by atoms with Crippen molar-refractivity contribution < 1.29 is 34.8 Å². The number of hydrogen-bond donors (Lipinski definition) is 0. The molecule has 1 heterocycles. The van der Waals surface area contributed by atoms with Crippen LogP contribution in [0.1, 0.15) is 0 Å². The molecule has 1 amide bonds. The SMILES string of the molecule is CN(C(=O)n1nnn(-c2c(F)cccc2F)c1=O)c1ccc(N(S(C)(=O)=O)S(C)(=O)=O)cc1F. The van der Waals surface area contributed by atoms with Gasteiger partial charge in [0.15, 0.2) is 11.6 Å². The number of halogens is 3. The average Bonchev–Trinajstić information content (AvgIpc) is 3.06. The first-order valence-corrected chi connectivity index (χ1v) is 12.6. The maximum atomic E-state index is 14.8. The molecule has 0 spiro atoms. The summed E-state index contributed by atoms with van der Waals surface area (Å²) in [6.07, 6.45) is 1.20. The van der Waals surface area contributed by atoms with Gasteiger partial charge in [0, 0.05) is 13.1 Å². The highest BCUT2D eigenvalue weighted by molar-refractivity contribution is 8.09. The van der Waals surface area contributed by atoms with E-state index in [1.165, 1.54) is 0 Å². The van der Waals surface area contributed by atoms with E-state index in [0.717, 1.165) is 37.4 Å². The lowest BCUT2D eigenvalue weighted by molar-refractivity contribution is 0.244. The van der Waals surface area contributed by atoms with Crippen LogP contribution >= 0.6 is 0 Å². The molecule has 2 aromatic carbocycles. The molecule has 17 heteroatoms.